The van der Waals surface area contributed by atoms with E-state index in [0.29, 0.717) is 12.1 Å². The Morgan fingerprint density at radius 1 is 1.18 bits per heavy atom. The molecule has 0 aromatic heterocycles. The summed E-state index contributed by atoms with van der Waals surface area (Å²) in [7, 11) is 1.26. The van der Waals surface area contributed by atoms with E-state index in [2.05, 4.69) is 4.99 Å². The first-order chi connectivity index (χ1) is 15.7. The molecule has 2 aliphatic rings. The molecule has 33 heavy (non-hydrogen) atoms. The van der Waals surface area contributed by atoms with E-state index in [1.54, 1.807) is 6.92 Å². The number of alkyl halides is 3. The van der Waals surface area contributed by atoms with Crippen molar-refractivity contribution >= 4 is 23.5 Å². The highest BCUT2D eigenvalue weighted by atomic mass is 19.4. The minimum atomic E-state index is -4.53. The lowest BCUT2D eigenvalue weighted by Gasteiger charge is -2.18. The maximum absolute atomic E-state index is 13.7. The molecule has 0 bridgehead atoms. The van der Waals surface area contributed by atoms with Gasteiger partial charge in [0.05, 0.1) is 18.6 Å². The van der Waals surface area contributed by atoms with Gasteiger partial charge >= 0.3 is 12.1 Å². The van der Waals surface area contributed by atoms with Crippen LogP contribution in [0.1, 0.15) is 53.9 Å². The lowest BCUT2D eigenvalue weighted by molar-refractivity contribution is -0.142. The van der Waals surface area contributed by atoms with Gasteiger partial charge in [-0.2, -0.15) is 13.2 Å². The molecule has 4 rings (SSSR count). The average Bonchev–Trinajstić information content (AvgIpc) is 3.37. The second-order valence-electron chi connectivity index (χ2n) is 8.35. The Morgan fingerprint density at radius 2 is 1.94 bits per heavy atom. The monoisotopic (exact) mass is 455 g/mol. The molecule has 0 amide bonds. The zero-order chi connectivity index (χ0) is 23.8. The third kappa shape index (κ3) is 4.36. The maximum Gasteiger partial charge on any atom is 0.416 e. The number of esters is 1. The van der Waals surface area contributed by atoms with Crippen LogP contribution in [0.3, 0.4) is 0 Å². The number of halogens is 3. The number of fused-ring (bicyclic) bond motifs is 1. The van der Waals surface area contributed by atoms with Crippen molar-refractivity contribution in [3.05, 3.63) is 76.9 Å². The van der Waals surface area contributed by atoms with Gasteiger partial charge in [-0.25, -0.2) is 4.79 Å². The molecule has 0 N–H and O–H groups in total. The van der Waals surface area contributed by atoms with E-state index in [1.165, 1.54) is 19.2 Å². The van der Waals surface area contributed by atoms with Crippen LogP contribution in [-0.2, 0) is 20.5 Å². The molecule has 4 atom stereocenters. The Hall–Kier alpha value is -3.22. The second-order valence-corrected chi connectivity index (χ2v) is 8.35. The van der Waals surface area contributed by atoms with Crippen LogP contribution in [0.2, 0.25) is 0 Å². The molecule has 0 spiro atoms. The predicted octanol–water partition coefficient (Wildman–Crippen LogP) is 5.58. The van der Waals surface area contributed by atoms with Gasteiger partial charge in [-0.3, -0.25) is 9.79 Å². The number of rotatable bonds is 5. The first-order valence-corrected chi connectivity index (χ1v) is 10.9. The Bertz CT molecular complexity index is 1140. The molecular formula is C26H24F3NO3. The number of ether oxygens (including phenoxy) is 1. The molecule has 4 unspecified atom stereocenters. The molecule has 2 aromatic rings. The second kappa shape index (κ2) is 8.96. The molecule has 7 heteroatoms. The van der Waals surface area contributed by atoms with Gasteiger partial charge in [0.15, 0.2) is 0 Å². The van der Waals surface area contributed by atoms with E-state index in [-0.39, 0.29) is 23.7 Å². The summed E-state index contributed by atoms with van der Waals surface area (Å²) in [5.74, 6) is -2.31. The summed E-state index contributed by atoms with van der Waals surface area (Å²) in [6, 6.07) is 11.8. The summed E-state index contributed by atoms with van der Waals surface area (Å²) in [6.45, 7) is 1.77. The van der Waals surface area contributed by atoms with Crippen LogP contribution in [-0.4, -0.2) is 30.6 Å². The Morgan fingerprint density at radius 3 is 2.64 bits per heavy atom. The van der Waals surface area contributed by atoms with Crippen molar-refractivity contribution in [3.8, 4) is 0 Å². The number of ketones is 1. The minimum Gasteiger partial charge on any atom is -0.467 e. The van der Waals surface area contributed by atoms with Gasteiger partial charge in [-0.1, -0.05) is 61.5 Å². The highest BCUT2D eigenvalue weighted by Gasteiger charge is 2.45. The van der Waals surface area contributed by atoms with E-state index in [9.17, 15) is 22.8 Å². The molecule has 172 valence electrons. The molecule has 1 saturated carbocycles. The summed E-state index contributed by atoms with van der Waals surface area (Å²) in [5, 5.41) is 0. The first kappa shape index (κ1) is 23.0. The molecule has 0 aliphatic heterocycles. The fourth-order valence-electron chi connectivity index (χ4n) is 4.78. The van der Waals surface area contributed by atoms with Crippen molar-refractivity contribution in [2.75, 3.05) is 7.11 Å². The van der Waals surface area contributed by atoms with Crippen molar-refractivity contribution in [2.24, 2.45) is 10.9 Å². The van der Waals surface area contributed by atoms with E-state index < -0.39 is 35.6 Å². The largest absolute Gasteiger partial charge is 0.467 e. The molecule has 0 saturated heterocycles. The smallest absolute Gasteiger partial charge is 0.416 e. The Labute approximate surface area is 190 Å². The SMILES string of the molecule is CCC(N=C1CC(C2C=Cc3ccccc32)C(=O)C1c1cccc(C(F)(F)F)c1)C(=O)OC. The van der Waals surface area contributed by atoms with Crippen molar-refractivity contribution in [2.45, 2.75) is 43.8 Å². The van der Waals surface area contributed by atoms with E-state index in [4.69, 9.17) is 4.74 Å². The van der Waals surface area contributed by atoms with Crippen LogP contribution in [0.25, 0.3) is 6.08 Å². The first-order valence-electron chi connectivity index (χ1n) is 10.9. The van der Waals surface area contributed by atoms with Crippen LogP contribution in [0, 0.1) is 5.92 Å². The number of benzene rings is 2. The Balaban J connectivity index is 1.78. The van der Waals surface area contributed by atoms with Gasteiger partial charge in [0.1, 0.15) is 11.8 Å². The zero-order valence-corrected chi connectivity index (χ0v) is 18.3. The van der Waals surface area contributed by atoms with Gasteiger partial charge < -0.3 is 4.74 Å². The summed E-state index contributed by atoms with van der Waals surface area (Å²) in [4.78, 5) is 30.4. The number of allylic oxidation sites excluding steroid dienone is 1. The van der Waals surface area contributed by atoms with Gasteiger partial charge in [0.25, 0.3) is 0 Å². The number of methoxy groups -OCH3 is 1. The molecule has 0 heterocycles. The minimum absolute atomic E-state index is 0.181. The number of Topliss-reactive ketones (excluding diaryl/α,β-unsaturated/α-hetero) is 1. The van der Waals surface area contributed by atoms with Gasteiger partial charge in [-0.05, 0) is 35.6 Å². The Kier molecular flexibility index (Phi) is 6.23. The molecule has 2 aliphatic carbocycles. The predicted molar refractivity (Wildman–Crippen MR) is 119 cm³/mol. The molecule has 4 nitrogen and oxygen atoms in total. The fraction of sp³-hybridized carbons (Fsp3) is 0.346. The quantitative estimate of drug-likeness (QED) is 0.553. The van der Waals surface area contributed by atoms with Crippen molar-refractivity contribution in [1.29, 1.82) is 0 Å². The third-order valence-corrected chi connectivity index (χ3v) is 6.41. The van der Waals surface area contributed by atoms with Crippen LogP contribution >= 0.6 is 0 Å². The number of carbonyl (C=O) groups is 2. The lowest BCUT2D eigenvalue weighted by atomic mass is 9.84. The van der Waals surface area contributed by atoms with Crippen molar-refractivity contribution < 1.29 is 27.5 Å². The fourth-order valence-corrected chi connectivity index (χ4v) is 4.78. The van der Waals surface area contributed by atoms with Crippen LogP contribution in [0.4, 0.5) is 13.2 Å². The number of nitrogens with zero attached hydrogens (tertiary/aromatic N) is 1. The van der Waals surface area contributed by atoms with Crippen LogP contribution in [0.15, 0.2) is 59.6 Å². The highest BCUT2D eigenvalue weighted by molar-refractivity contribution is 6.17. The van der Waals surface area contributed by atoms with Crippen LogP contribution in [0.5, 0.6) is 0 Å². The van der Waals surface area contributed by atoms with Gasteiger partial charge in [-0.15, -0.1) is 0 Å². The van der Waals surface area contributed by atoms with E-state index in [1.807, 2.05) is 36.4 Å². The van der Waals surface area contributed by atoms with E-state index >= 15 is 0 Å². The van der Waals surface area contributed by atoms with Gasteiger partial charge in [0.2, 0.25) is 0 Å². The number of carbonyl (C=O) groups excluding carboxylic acids is 2. The summed E-state index contributed by atoms with van der Waals surface area (Å²) in [6.07, 6.45) is 0.0362. The molecule has 1 fully saturated rings. The lowest BCUT2D eigenvalue weighted by Crippen LogP contribution is -2.23. The number of hydrogen-bond donors (Lipinski definition) is 0. The molecule has 0 radical (unpaired) electrons. The zero-order valence-electron chi connectivity index (χ0n) is 18.3. The third-order valence-electron chi connectivity index (χ3n) is 6.41. The van der Waals surface area contributed by atoms with E-state index in [0.717, 1.165) is 23.3 Å². The average molecular weight is 455 g/mol. The summed E-state index contributed by atoms with van der Waals surface area (Å²) >= 11 is 0. The maximum atomic E-state index is 13.7. The van der Waals surface area contributed by atoms with Crippen LogP contribution < -0.4 is 0 Å². The molecular weight excluding hydrogens is 431 g/mol. The number of hydrogen-bond acceptors (Lipinski definition) is 4. The number of aliphatic imine (C=N–C) groups is 1. The highest BCUT2D eigenvalue weighted by Crippen LogP contribution is 2.45. The van der Waals surface area contributed by atoms with Crippen molar-refractivity contribution in [3.63, 3.8) is 0 Å². The van der Waals surface area contributed by atoms with Crippen molar-refractivity contribution in [1.82, 2.24) is 0 Å². The standard InChI is InChI=1S/C26H24F3NO3/c1-3-21(25(32)33-2)30-22-14-20(19-12-11-15-7-4-5-10-18(15)19)24(31)23(22)16-8-6-9-17(13-16)26(27,28)29/h4-13,19-21,23H,3,14H2,1-2H3. The normalized spacial score (nSPS) is 24.2. The molecule has 2 aromatic carbocycles. The topological polar surface area (TPSA) is 55.7 Å². The van der Waals surface area contributed by atoms with Gasteiger partial charge in [0, 0.05) is 17.5 Å². The summed E-state index contributed by atoms with van der Waals surface area (Å²) < 4.78 is 44.9. The summed E-state index contributed by atoms with van der Waals surface area (Å²) in [5.41, 5.74) is 1.89.